The molecule has 10 heteroatoms. The third kappa shape index (κ3) is 4.50. The molecule has 0 saturated carbocycles. The zero-order chi connectivity index (χ0) is 22.3. The van der Waals surface area contributed by atoms with Gasteiger partial charge in [0.15, 0.2) is 5.82 Å². The molecule has 0 aliphatic carbocycles. The number of rotatable bonds is 6. The van der Waals surface area contributed by atoms with Gasteiger partial charge >= 0.3 is 6.18 Å². The molecule has 0 amide bonds. The van der Waals surface area contributed by atoms with Crippen LogP contribution in [0.1, 0.15) is 37.8 Å². The average molecular weight is 445 g/mol. The van der Waals surface area contributed by atoms with Gasteiger partial charge in [-0.2, -0.15) is 18.3 Å². The standard InChI is InChI=1S/C22H26F3N7/c1-13-9-20(31-30-13)28-19-12-18-17(3-2-7-26-18)21(29-19)27-14-10-15-4-5-16(11-14)32(15)8-6-22(23,24)25/h2-3,7,9,12,14-16H,4-6,8,10-11H2,1H3,(H3,27,28,29,30,31)/t14?,15-,16+. The average Bonchev–Trinajstić information content (AvgIpc) is 3.25. The number of nitrogens with one attached hydrogen (secondary N) is 3. The smallest absolute Gasteiger partial charge is 0.367 e. The van der Waals surface area contributed by atoms with Gasteiger partial charge in [0, 0.05) is 54.1 Å². The molecule has 0 aromatic carbocycles. The van der Waals surface area contributed by atoms with Crippen LogP contribution >= 0.6 is 0 Å². The molecule has 7 nitrogen and oxygen atoms in total. The fraction of sp³-hybridized carbons (Fsp3) is 0.500. The summed E-state index contributed by atoms with van der Waals surface area (Å²) in [6, 6.07) is 8.17. The molecule has 0 spiro atoms. The minimum absolute atomic E-state index is 0.0964. The minimum Gasteiger partial charge on any atom is -0.367 e. The summed E-state index contributed by atoms with van der Waals surface area (Å²) in [4.78, 5) is 11.3. The van der Waals surface area contributed by atoms with Crippen LogP contribution in [0, 0.1) is 6.92 Å². The summed E-state index contributed by atoms with van der Waals surface area (Å²) in [6.45, 7) is 2.02. The Bertz CT molecular complexity index is 1080. The molecule has 3 N–H and O–H groups in total. The second-order valence-corrected chi connectivity index (χ2v) is 8.79. The van der Waals surface area contributed by atoms with Crippen molar-refractivity contribution >= 4 is 28.4 Å². The van der Waals surface area contributed by atoms with Crippen molar-refractivity contribution in [1.82, 2.24) is 25.1 Å². The van der Waals surface area contributed by atoms with Gasteiger partial charge in [-0.25, -0.2) is 4.98 Å². The van der Waals surface area contributed by atoms with Crippen molar-refractivity contribution in [1.29, 1.82) is 0 Å². The molecule has 5 rings (SSSR count). The Morgan fingerprint density at radius 2 is 1.94 bits per heavy atom. The molecule has 2 saturated heterocycles. The van der Waals surface area contributed by atoms with Gasteiger partial charge in [0.25, 0.3) is 0 Å². The number of nitrogens with zero attached hydrogens (tertiary/aromatic N) is 4. The monoisotopic (exact) mass is 445 g/mol. The first-order chi connectivity index (χ1) is 15.3. The zero-order valence-corrected chi connectivity index (χ0v) is 17.8. The molecule has 2 aliphatic rings. The highest BCUT2D eigenvalue weighted by molar-refractivity contribution is 5.91. The molecule has 2 aliphatic heterocycles. The van der Waals surface area contributed by atoms with Crippen molar-refractivity contribution in [3.8, 4) is 0 Å². The third-order valence-corrected chi connectivity index (χ3v) is 6.44. The Morgan fingerprint density at radius 1 is 1.16 bits per heavy atom. The number of pyridine rings is 2. The van der Waals surface area contributed by atoms with Gasteiger partial charge in [-0.05, 0) is 44.7 Å². The Hall–Kier alpha value is -2.88. The highest BCUT2D eigenvalue weighted by Gasteiger charge is 2.42. The van der Waals surface area contributed by atoms with E-state index in [1.165, 1.54) is 0 Å². The van der Waals surface area contributed by atoms with Gasteiger partial charge in [-0.1, -0.05) is 0 Å². The maximum Gasteiger partial charge on any atom is 0.390 e. The molecule has 3 aromatic heterocycles. The largest absolute Gasteiger partial charge is 0.390 e. The predicted octanol–water partition coefficient (Wildman–Crippen LogP) is 4.76. The van der Waals surface area contributed by atoms with Crippen molar-refractivity contribution in [3.63, 3.8) is 0 Å². The molecule has 5 heterocycles. The summed E-state index contributed by atoms with van der Waals surface area (Å²) in [5.41, 5.74) is 1.75. The fourth-order valence-electron chi connectivity index (χ4n) is 5.07. The van der Waals surface area contributed by atoms with Crippen molar-refractivity contribution in [3.05, 3.63) is 36.2 Å². The van der Waals surface area contributed by atoms with Gasteiger partial charge in [0.1, 0.15) is 11.6 Å². The Balaban J connectivity index is 1.34. The van der Waals surface area contributed by atoms with Gasteiger partial charge in [0.05, 0.1) is 11.9 Å². The van der Waals surface area contributed by atoms with Crippen LogP contribution in [0.25, 0.3) is 10.9 Å². The number of aromatic amines is 1. The van der Waals surface area contributed by atoms with E-state index in [1.807, 2.05) is 31.2 Å². The number of piperidine rings is 1. The molecule has 0 radical (unpaired) electrons. The van der Waals surface area contributed by atoms with Crippen molar-refractivity contribution in [2.75, 3.05) is 17.2 Å². The topological polar surface area (TPSA) is 81.8 Å². The highest BCUT2D eigenvalue weighted by atomic mass is 19.4. The molecular formula is C22H26F3N7. The molecule has 170 valence electrons. The van der Waals surface area contributed by atoms with Crippen LogP contribution in [0.2, 0.25) is 0 Å². The number of fused-ring (bicyclic) bond motifs is 3. The lowest BCUT2D eigenvalue weighted by molar-refractivity contribution is -0.140. The number of anilines is 3. The molecule has 3 aromatic rings. The van der Waals surface area contributed by atoms with Crippen LogP contribution in [0.3, 0.4) is 0 Å². The van der Waals surface area contributed by atoms with Gasteiger partial charge in [0.2, 0.25) is 0 Å². The van der Waals surface area contributed by atoms with E-state index < -0.39 is 12.6 Å². The fourth-order valence-corrected chi connectivity index (χ4v) is 5.07. The second kappa shape index (κ2) is 8.23. The number of aromatic nitrogens is 4. The summed E-state index contributed by atoms with van der Waals surface area (Å²) in [5.74, 6) is 2.04. The molecule has 2 bridgehead atoms. The van der Waals surface area contributed by atoms with E-state index in [9.17, 15) is 13.2 Å². The summed E-state index contributed by atoms with van der Waals surface area (Å²) < 4.78 is 38.2. The van der Waals surface area contributed by atoms with E-state index in [4.69, 9.17) is 4.98 Å². The van der Waals surface area contributed by atoms with Crippen LogP contribution < -0.4 is 10.6 Å². The molecular weight excluding hydrogens is 419 g/mol. The number of aryl methyl sites for hydroxylation is 1. The number of alkyl halides is 3. The van der Waals surface area contributed by atoms with Crippen LogP contribution in [0.4, 0.5) is 30.6 Å². The number of hydrogen-bond acceptors (Lipinski definition) is 6. The number of hydrogen-bond donors (Lipinski definition) is 3. The normalized spacial score (nSPS) is 23.6. The third-order valence-electron chi connectivity index (χ3n) is 6.44. The first kappa shape index (κ1) is 21.0. The van der Waals surface area contributed by atoms with Gasteiger partial charge < -0.3 is 10.6 Å². The molecule has 32 heavy (non-hydrogen) atoms. The summed E-state index contributed by atoms with van der Waals surface area (Å²) in [5, 5.41) is 14.8. The van der Waals surface area contributed by atoms with E-state index in [-0.39, 0.29) is 24.7 Å². The molecule has 3 atom stereocenters. The minimum atomic E-state index is -4.11. The zero-order valence-electron chi connectivity index (χ0n) is 17.8. The second-order valence-electron chi connectivity index (χ2n) is 8.79. The number of halogens is 3. The lowest BCUT2D eigenvalue weighted by atomic mass is 9.97. The Kier molecular flexibility index (Phi) is 5.40. The SMILES string of the molecule is Cc1cc(Nc2cc3ncccc3c(NC3C[C@H]4CC[C@@H](C3)N4CCC(F)(F)F)n2)n[nH]1. The van der Waals surface area contributed by atoms with Gasteiger partial charge in [-0.15, -0.1) is 0 Å². The van der Waals surface area contributed by atoms with Crippen LogP contribution in [0.15, 0.2) is 30.5 Å². The molecule has 2 fully saturated rings. The van der Waals surface area contributed by atoms with Crippen molar-refractivity contribution in [2.24, 2.45) is 0 Å². The summed E-state index contributed by atoms with van der Waals surface area (Å²) >= 11 is 0. The first-order valence-electron chi connectivity index (χ1n) is 11.0. The Labute approximate surface area is 183 Å². The quantitative estimate of drug-likeness (QED) is 0.507. The van der Waals surface area contributed by atoms with E-state index in [0.29, 0.717) is 11.6 Å². The van der Waals surface area contributed by atoms with Crippen molar-refractivity contribution < 1.29 is 13.2 Å². The van der Waals surface area contributed by atoms with Crippen LogP contribution in [-0.4, -0.2) is 55.9 Å². The molecule has 1 unspecified atom stereocenters. The van der Waals surface area contributed by atoms with E-state index in [0.717, 1.165) is 48.1 Å². The lowest BCUT2D eigenvalue weighted by Crippen LogP contribution is -2.47. The first-order valence-corrected chi connectivity index (χ1v) is 11.0. The highest BCUT2D eigenvalue weighted by Crippen LogP contribution is 2.38. The van der Waals surface area contributed by atoms with Crippen LogP contribution in [-0.2, 0) is 0 Å². The maximum absolute atomic E-state index is 12.7. The van der Waals surface area contributed by atoms with Crippen molar-refractivity contribution in [2.45, 2.75) is 63.3 Å². The summed E-state index contributed by atoms with van der Waals surface area (Å²) in [6.07, 6.45) is 0.435. The Morgan fingerprint density at radius 3 is 2.62 bits per heavy atom. The van der Waals surface area contributed by atoms with E-state index in [2.05, 4.69) is 30.7 Å². The van der Waals surface area contributed by atoms with Gasteiger partial charge in [-0.3, -0.25) is 15.0 Å². The predicted molar refractivity (Wildman–Crippen MR) is 117 cm³/mol. The number of H-pyrrole nitrogens is 1. The lowest BCUT2D eigenvalue weighted by Gasteiger charge is -2.39. The summed E-state index contributed by atoms with van der Waals surface area (Å²) in [7, 11) is 0. The van der Waals surface area contributed by atoms with Crippen LogP contribution in [0.5, 0.6) is 0 Å². The van der Waals surface area contributed by atoms with E-state index in [1.54, 1.807) is 6.20 Å². The maximum atomic E-state index is 12.7. The van der Waals surface area contributed by atoms with E-state index >= 15 is 0 Å².